The molecule has 0 bridgehead atoms. The molecule has 0 saturated heterocycles. The Bertz CT molecular complexity index is 655. The van der Waals surface area contributed by atoms with E-state index in [4.69, 9.17) is 0 Å². The highest BCUT2D eigenvalue weighted by molar-refractivity contribution is 7.99. The Kier molecular flexibility index (Phi) is 3.16. The molecule has 1 aliphatic heterocycles. The van der Waals surface area contributed by atoms with Gasteiger partial charge in [0.05, 0.1) is 0 Å². The molecule has 1 aromatic carbocycles. The number of nitrogens with one attached hydrogen (secondary N) is 1. The summed E-state index contributed by atoms with van der Waals surface area (Å²) in [7, 11) is 0. The zero-order valence-electron chi connectivity index (χ0n) is 10.2. The molecule has 6 heteroatoms. The molecule has 0 radical (unpaired) electrons. The Hall–Kier alpha value is -1.95. The summed E-state index contributed by atoms with van der Waals surface area (Å²) < 4.78 is 1.59. The Morgan fingerprint density at radius 2 is 2.16 bits per heavy atom. The number of nitrogens with zero attached hydrogens (tertiary/aromatic N) is 2. The van der Waals surface area contributed by atoms with Crippen LogP contribution in [-0.2, 0) is 13.1 Å². The summed E-state index contributed by atoms with van der Waals surface area (Å²) >= 11 is 1.48. The number of hydrogen-bond acceptors (Lipinski definition) is 5. The van der Waals surface area contributed by atoms with E-state index in [9.17, 15) is 9.90 Å². The zero-order chi connectivity index (χ0) is 13.2. The summed E-state index contributed by atoms with van der Waals surface area (Å²) in [4.78, 5) is 16.2. The smallest absolute Gasteiger partial charge is 0.281 e. The van der Waals surface area contributed by atoms with Crippen molar-refractivity contribution in [1.82, 2.24) is 9.55 Å². The zero-order valence-corrected chi connectivity index (χ0v) is 11.0. The van der Waals surface area contributed by atoms with E-state index in [2.05, 4.69) is 10.3 Å². The molecule has 2 aromatic rings. The minimum atomic E-state index is -0.221. The molecule has 0 spiro atoms. The predicted octanol–water partition coefficient (Wildman–Crippen LogP) is 1.67. The molecule has 0 unspecified atom stereocenters. The number of hydrogen-bond donors (Lipinski definition) is 2. The van der Waals surface area contributed by atoms with E-state index in [1.54, 1.807) is 4.57 Å². The second-order valence-electron chi connectivity index (χ2n) is 4.24. The maximum Gasteiger partial charge on any atom is 0.281 e. The topological polar surface area (TPSA) is 67.2 Å². The van der Waals surface area contributed by atoms with Crippen LogP contribution in [-0.4, -0.2) is 20.4 Å². The summed E-state index contributed by atoms with van der Waals surface area (Å²) in [5.74, 6) is 0.602. The molecule has 1 aliphatic rings. The molecule has 0 saturated carbocycles. The first-order valence-corrected chi connectivity index (χ1v) is 6.98. The average Bonchev–Trinajstić information content (AvgIpc) is 2.88. The molecule has 0 fully saturated rings. The monoisotopic (exact) mass is 275 g/mol. The number of benzene rings is 1. The Morgan fingerprint density at radius 3 is 2.95 bits per heavy atom. The van der Waals surface area contributed by atoms with E-state index in [0.29, 0.717) is 18.2 Å². The van der Waals surface area contributed by atoms with Gasteiger partial charge in [-0.25, -0.2) is 0 Å². The van der Waals surface area contributed by atoms with Crippen molar-refractivity contribution >= 4 is 17.4 Å². The van der Waals surface area contributed by atoms with Crippen molar-refractivity contribution in [3.8, 4) is 5.88 Å². The van der Waals surface area contributed by atoms with Crippen molar-refractivity contribution in [2.24, 2.45) is 0 Å². The summed E-state index contributed by atoms with van der Waals surface area (Å²) in [6.45, 7) is 1.13. The average molecular weight is 275 g/mol. The highest BCUT2D eigenvalue weighted by atomic mass is 32.2. The van der Waals surface area contributed by atoms with Crippen LogP contribution < -0.4 is 10.9 Å². The van der Waals surface area contributed by atoms with Crippen LogP contribution in [0.4, 0.5) is 5.69 Å². The van der Waals surface area contributed by atoms with Crippen LogP contribution in [0.5, 0.6) is 5.88 Å². The fourth-order valence-electron chi connectivity index (χ4n) is 2.00. The largest absolute Gasteiger partial charge is 0.492 e. The fraction of sp³-hybridized carbons (Fsp3) is 0.231. The molecular formula is C13H13N3O2S. The third-order valence-corrected chi connectivity index (χ3v) is 3.93. The fourth-order valence-corrected chi connectivity index (χ4v) is 2.94. The van der Waals surface area contributed by atoms with Crippen LogP contribution in [0.25, 0.3) is 0 Å². The van der Waals surface area contributed by atoms with Gasteiger partial charge in [-0.15, -0.1) is 0 Å². The first-order chi connectivity index (χ1) is 9.25. The number of aromatic nitrogens is 2. The second kappa shape index (κ2) is 4.97. The first kappa shape index (κ1) is 12.1. The van der Waals surface area contributed by atoms with E-state index >= 15 is 0 Å². The Balaban J connectivity index is 1.88. The van der Waals surface area contributed by atoms with Gasteiger partial charge in [0.1, 0.15) is 0 Å². The molecule has 0 atom stereocenters. The molecular weight excluding hydrogens is 262 g/mol. The van der Waals surface area contributed by atoms with Crippen molar-refractivity contribution in [2.75, 3.05) is 11.1 Å². The minimum absolute atomic E-state index is 0.176. The first-order valence-electron chi connectivity index (χ1n) is 6.00. The van der Waals surface area contributed by atoms with Gasteiger partial charge in [0.15, 0.2) is 10.8 Å². The van der Waals surface area contributed by atoms with Crippen LogP contribution >= 0.6 is 11.8 Å². The molecule has 0 amide bonds. The van der Waals surface area contributed by atoms with E-state index in [-0.39, 0.29) is 17.1 Å². The van der Waals surface area contributed by atoms with E-state index in [1.165, 1.54) is 11.8 Å². The number of aromatic hydroxyl groups is 1. The number of fused-ring (bicyclic) bond motifs is 1. The van der Waals surface area contributed by atoms with Crippen molar-refractivity contribution in [3.05, 3.63) is 46.2 Å². The van der Waals surface area contributed by atoms with Gasteiger partial charge in [0, 0.05) is 18.8 Å². The maximum atomic E-state index is 12.2. The molecule has 2 N–H and O–H groups in total. The summed E-state index contributed by atoms with van der Waals surface area (Å²) in [6, 6.07) is 9.71. The van der Waals surface area contributed by atoms with Crippen molar-refractivity contribution in [3.63, 3.8) is 0 Å². The summed E-state index contributed by atoms with van der Waals surface area (Å²) in [5.41, 5.74) is 1.01. The number of rotatable bonds is 3. The molecule has 2 heterocycles. The van der Waals surface area contributed by atoms with Gasteiger partial charge in [-0.3, -0.25) is 9.36 Å². The van der Waals surface area contributed by atoms with Crippen molar-refractivity contribution in [2.45, 2.75) is 18.2 Å². The van der Waals surface area contributed by atoms with Gasteiger partial charge in [0.25, 0.3) is 5.56 Å². The van der Waals surface area contributed by atoms with Crippen LogP contribution in [0, 0.1) is 0 Å². The van der Waals surface area contributed by atoms with Crippen LogP contribution in [0.3, 0.4) is 0 Å². The van der Waals surface area contributed by atoms with E-state index in [0.717, 1.165) is 11.3 Å². The highest BCUT2D eigenvalue weighted by Gasteiger charge is 2.20. The van der Waals surface area contributed by atoms with Gasteiger partial charge in [0.2, 0.25) is 5.88 Å². The molecule has 98 valence electrons. The van der Waals surface area contributed by atoms with Crippen molar-refractivity contribution in [1.29, 1.82) is 0 Å². The molecule has 0 aliphatic carbocycles. The van der Waals surface area contributed by atoms with Crippen molar-refractivity contribution < 1.29 is 5.11 Å². The lowest BCUT2D eigenvalue weighted by molar-refractivity contribution is 0.439. The number of anilines is 1. The Labute approximate surface area is 114 Å². The van der Waals surface area contributed by atoms with Gasteiger partial charge in [-0.2, -0.15) is 4.98 Å². The van der Waals surface area contributed by atoms with Gasteiger partial charge in [-0.05, 0) is 5.56 Å². The lowest BCUT2D eigenvalue weighted by Gasteiger charge is -2.09. The highest BCUT2D eigenvalue weighted by Crippen LogP contribution is 2.26. The molecule has 1 aromatic heterocycles. The van der Waals surface area contributed by atoms with Crippen LogP contribution in [0.1, 0.15) is 5.56 Å². The SMILES string of the molecule is O=c1c(NCc2ccccc2)c(O)nc2n1CCS2. The third kappa shape index (κ3) is 2.31. The van der Waals surface area contributed by atoms with Gasteiger partial charge in [-0.1, -0.05) is 42.1 Å². The molecule has 19 heavy (non-hydrogen) atoms. The summed E-state index contributed by atoms with van der Waals surface area (Å²) in [6.07, 6.45) is 0. The maximum absolute atomic E-state index is 12.2. The second-order valence-corrected chi connectivity index (χ2v) is 5.30. The van der Waals surface area contributed by atoms with Crippen LogP contribution in [0.15, 0.2) is 40.3 Å². The van der Waals surface area contributed by atoms with Gasteiger partial charge >= 0.3 is 0 Å². The van der Waals surface area contributed by atoms with Gasteiger partial charge < -0.3 is 10.4 Å². The van der Waals surface area contributed by atoms with E-state index in [1.807, 2.05) is 30.3 Å². The third-order valence-electron chi connectivity index (χ3n) is 2.97. The van der Waals surface area contributed by atoms with E-state index < -0.39 is 0 Å². The molecule has 5 nitrogen and oxygen atoms in total. The minimum Gasteiger partial charge on any atom is -0.492 e. The number of thioether (sulfide) groups is 1. The van der Waals surface area contributed by atoms with Crippen LogP contribution in [0.2, 0.25) is 0 Å². The normalized spacial score (nSPS) is 13.3. The summed E-state index contributed by atoms with van der Waals surface area (Å²) in [5, 5.41) is 13.4. The quantitative estimate of drug-likeness (QED) is 0.834. The standard InChI is InChI=1S/C13H13N3O2S/c17-11-10(14-8-9-4-2-1-3-5-9)12(18)16-6-7-19-13(16)15-11/h1-5,14,17H,6-8H2. The lowest BCUT2D eigenvalue weighted by Crippen LogP contribution is -2.24. The predicted molar refractivity (Wildman–Crippen MR) is 74.7 cm³/mol. The Morgan fingerprint density at radius 1 is 1.37 bits per heavy atom. The molecule has 3 rings (SSSR count). The lowest BCUT2D eigenvalue weighted by atomic mass is 10.2.